The summed E-state index contributed by atoms with van der Waals surface area (Å²) in [5, 5.41) is 2.89. The first-order valence-electron chi connectivity index (χ1n) is 5.13. The molecule has 0 bridgehead atoms. The first-order chi connectivity index (χ1) is 6.09. The van der Waals surface area contributed by atoms with Crippen molar-refractivity contribution in [3.63, 3.8) is 0 Å². The summed E-state index contributed by atoms with van der Waals surface area (Å²) < 4.78 is 0. The Kier molecular flexibility index (Phi) is 3.72. The molecule has 0 saturated heterocycles. The second-order valence-corrected chi connectivity index (χ2v) is 4.41. The molecule has 1 fully saturated rings. The lowest BCUT2D eigenvalue weighted by Crippen LogP contribution is -2.38. The van der Waals surface area contributed by atoms with Crippen LogP contribution in [0.25, 0.3) is 0 Å². The van der Waals surface area contributed by atoms with Crippen molar-refractivity contribution in [1.29, 1.82) is 0 Å². The fourth-order valence-electron chi connectivity index (χ4n) is 1.41. The summed E-state index contributed by atoms with van der Waals surface area (Å²) >= 11 is 0. The standard InChI is InChI=1S/C10H20N2O/c1-7(2)5-9(11)6-12-10(13)8-3-4-8/h7-9H,3-6,11H2,1-2H3,(H,12,13). The Morgan fingerprint density at radius 3 is 2.62 bits per heavy atom. The Bertz CT molecular complexity index is 176. The molecule has 76 valence electrons. The fraction of sp³-hybridized carbons (Fsp3) is 0.900. The van der Waals surface area contributed by atoms with Crippen molar-refractivity contribution in [1.82, 2.24) is 5.32 Å². The minimum Gasteiger partial charge on any atom is -0.354 e. The van der Waals surface area contributed by atoms with E-state index >= 15 is 0 Å². The summed E-state index contributed by atoms with van der Waals surface area (Å²) in [6.07, 6.45) is 3.10. The lowest BCUT2D eigenvalue weighted by molar-refractivity contribution is -0.122. The van der Waals surface area contributed by atoms with E-state index in [2.05, 4.69) is 19.2 Å². The van der Waals surface area contributed by atoms with Gasteiger partial charge >= 0.3 is 0 Å². The van der Waals surface area contributed by atoms with Crippen LogP contribution in [0.15, 0.2) is 0 Å². The summed E-state index contributed by atoms with van der Waals surface area (Å²) in [5.41, 5.74) is 5.83. The number of hydrogen-bond acceptors (Lipinski definition) is 2. The maximum atomic E-state index is 11.2. The normalized spacial score (nSPS) is 18.8. The van der Waals surface area contributed by atoms with Gasteiger partial charge in [-0.15, -0.1) is 0 Å². The van der Waals surface area contributed by atoms with Crippen molar-refractivity contribution in [3.05, 3.63) is 0 Å². The molecule has 1 amide bonds. The number of rotatable bonds is 5. The van der Waals surface area contributed by atoms with Gasteiger partial charge in [0, 0.05) is 18.5 Å². The van der Waals surface area contributed by atoms with Gasteiger partial charge in [0.15, 0.2) is 0 Å². The predicted octanol–water partition coefficient (Wildman–Crippen LogP) is 0.886. The summed E-state index contributed by atoms with van der Waals surface area (Å²) in [7, 11) is 0. The zero-order valence-electron chi connectivity index (χ0n) is 8.55. The highest BCUT2D eigenvalue weighted by Gasteiger charge is 2.29. The quantitative estimate of drug-likeness (QED) is 0.666. The molecule has 0 spiro atoms. The third-order valence-electron chi connectivity index (χ3n) is 2.26. The third-order valence-corrected chi connectivity index (χ3v) is 2.26. The van der Waals surface area contributed by atoms with E-state index in [1.165, 1.54) is 0 Å². The van der Waals surface area contributed by atoms with E-state index < -0.39 is 0 Å². The van der Waals surface area contributed by atoms with Gasteiger partial charge in [0.1, 0.15) is 0 Å². The van der Waals surface area contributed by atoms with Gasteiger partial charge in [-0.3, -0.25) is 4.79 Å². The van der Waals surface area contributed by atoms with Crippen LogP contribution >= 0.6 is 0 Å². The van der Waals surface area contributed by atoms with E-state index in [1.807, 2.05) is 0 Å². The molecular formula is C10H20N2O. The van der Waals surface area contributed by atoms with Crippen molar-refractivity contribution >= 4 is 5.91 Å². The van der Waals surface area contributed by atoms with Crippen LogP contribution in [-0.2, 0) is 4.79 Å². The monoisotopic (exact) mass is 184 g/mol. The van der Waals surface area contributed by atoms with Crippen LogP contribution in [0.2, 0.25) is 0 Å². The van der Waals surface area contributed by atoms with Gasteiger partial charge in [-0.1, -0.05) is 13.8 Å². The van der Waals surface area contributed by atoms with E-state index in [0.29, 0.717) is 18.4 Å². The lowest BCUT2D eigenvalue weighted by atomic mass is 10.0. The smallest absolute Gasteiger partial charge is 0.223 e. The highest BCUT2D eigenvalue weighted by Crippen LogP contribution is 2.28. The van der Waals surface area contributed by atoms with Crippen molar-refractivity contribution in [2.75, 3.05) is 6.54 Å². The maximum absolute atomic E-state index is 11.2. The molecule has 1 aliphatic rings. The molecule has 1 saturated carbocycles. The van der Waals surface area contributed by atoms with Crippen LogP contribution in [0.4, 0.5) is 0 Å². The van der Waals surface area contributed by atoms with Gasteiger partial charge in [-0.25, -0.2) is 0 Å². The van der Waals surface area contributed by atoms with Crippen LogP contribution < -0.4 is 11.1 Å². The van der Waals surface area contributed by atoms with Gasteiger partial charge in [0.05, 0.1) is 0 Å². The molecule has 3 nitrogen and oxygen atoms in total. The van der Waals surface area contributed by atoms with Crippen molar-refractivity contribution < 1.29 is 4.79 Å². The Morgan fingerprint density at radius 2 is 2.15 bits per heavy atom. The largest absolute Gasteiger partial charge is 0.354 e. The van der Waals surface area contributed by atoms with E-state index in [0.717, 1.165) is 19.3 Å². The number of carbonyl (C=O) groups excluding carboxylic acids is 1. The molecule has 1 aliphatic carbocycles. The highest BCUT2D eigenvalue weighted by molar-refractivity contribution is 5.80. The maximum Gasteiger partial charge on any atom is 0.223 e. The van der Waals surface area contributed by atoms with Crippen LogP contribution in [0.5, 0.6) is 0 Å². The first-order valence-corrected chi connectivity index (χ1v) is 5.13. The van der Waals surface area contributed by atoms with Gasteiger partial charge in [0.2, 0.25) is 5.91 Å². The Balaban J connectivity index is 2.06. The summed E-state index contributed by atoms with van der Waals surface area (Å²) in [5.74, 6) is 1.10. The average Bonchev–Trinajstić information content (AvgIpc) is 2.80. The minimum atomic E-state index is 0.114. The van der Waals surface area contributed by atoms with Gasteiger partial charge in [0.25, 0.3) is 0 Å². The molecule has 1 atom stereocenters. The molecule has 1 unspecified atom stereocenters. The molecule has 1 rings (SSSR count). The SMILES string of the molecule is CC(C)CC(N)CNC(=O)C1CC1. The highest BCUT2D eigenvalue weighted by atomic mass is 16.2. The van der Waals surface area contributed by atoms with E-state index in [9.17, 15) is 4.79 Å². The predicted molar refractivity (Wildman–Crippen MR) is 53.2 cm³/mol. The second-order valence-electron chi connectivity index (χ2n) is 4.41. The molecule has 13 heavy (non-hydrogen) atoms. The molecule has 0 aromatic carbocycles. The Hall–Kier alpha value is -0.570. The zero-order chi connectivity index (χ0) is 9.84. The van der Waals surface area contributed by atoms with Crippen molar-refractivity contribution in [3.8, 4) is 0 Å². The number of amides is 1. The van der Waals surface area contributed by atoms with Crippen LogP contribution in [-0.4, -0.2) is 18.5 Å². The fourth-order valence-corrected chi connectivity index (χ4v) is 1.41. The molecule has 3 N–H and O–H groups in total. The Morgan fingerprint density at radius 1 is 1.54 bits per heavy atom. The molecule has 0 aliphatic heterocycles. The van der Waals surface area contributed by atoms with Crippen LogP contribution in [0.3, 0.4) is 0 Å². The molecule has 0 heterocycles. The van der Waals surface area contributed by atoms with Crippen LogP contribution in [0, 0.1) is 11.8 Å². The van der Waals surface area contributed by atoms with E-state index in [1.54, 1.807) is 0 Å². The summed E-state index contributed by atoms with van der Waals surface area (Å²) in [4.78, 5) is 11.2. The Labute approximate surface area is 80.1 Å². The molecule has 0 aromatic heterocycles. The summed E-state index contributed by atoms with van der Waals surface area (Å²) in [6.45, 7) is 4.92. The van der Waals surface area contributed by atoms with Crippen LogP contribution in [0.1, 0.15) is 33.1 Å². The molecule has 0 radical (unpaired) electrons. The molecule has 3 heteroatoms. The zero-order valence-corrected chi connectivity index (χ0v) is 8.55. The van der Waals surface area contributed by atoms with Gasteiger partial charge in [-0.05, 0) is 25.2 Å². The third kappa shape index (κ3) is 4.27. The van der Waals surface area contributed by atoms with Gasteiger partial charge in [-0.2, -0.15) is 0 Å². The van der Waals surface area contributed by atoms with E-state index in [4.69, 9.17) is 5.73 Å². The second kappa shape index (κ2) is 4.61. The topological polar surface area (TPSA) is 55.1 Å². The number of hydrogen-bond donors (Lipinski definition) is 2. The lowest BCUT2D eigenvalue weighted by Gasteiger charge is -2.14. The van der Waals surface area contributed by atoms with Crippen molar-refractivity contribution in [2.24, 2.45) is 17.6 Å². The number of carbonyl (C=O) groups is 1. The minimum absolute atomic E-state index is 0.114. The van der Waals surface area contributed by atoms with E-state index in [-0.39, 0.29) is 11.9 Å². The molecule has 0 aromatic rings. The average molecular weight is 184 g/mol. The van der Waals surface area contributed by atoms with Crippen molar-refractivity contribution in [2.45, 2.75) is 39.2 Å². The first kappa shape index (κ1) is 10.5. The number of nitrogens with two attached hydrogens (primary N) is 1. The number of nitrogens with one attached hydrogen (secondary N) is 1. The molecular weight excluding hydrogens is 164 g/mol. The summed E-state index contributed by atoms with van der Waals surface area (Å²) in [6, 6.07) is 0.114. The van der Waals surface area contributed by atoms with Gasteiger partial charge < -0.3 is 11.1 Å².